The average Bonchev–Trinajstić information content (AvgIpc) is 2.27. The molecule has 0 amide bonds. The first-order valence-corrected chi connectivity index (χ1v) is 4.22. The molecule has 2 nitrogen and oxygen atoms in total. The molecule has 1 rings (SSSR count). The van der Waals surface area contributed by atoms with E-state index >= 15 is 0 Å². The molecule has 14 heavy (non-hydrogen) atoms. The molecule has 0 spiro atoms. The maximum atomic E-state index is 12.4. The Balaban J connectivity index is 3.20. The molecule has 0 saturated heterocycles. The zero-order valence-electron chi connectivity index (χ0n) is 7.79. The summed E-state index contributed by atoms with van der Waals surface area (Å²) in [4.78, 5) is 0. The Hall–Kier alpha value is -1.87. The molecule has 0 aliphatic rings. The highest BCUT2D eigenvalue weighted by Crippen LogP contribution is 2.18. The molecule has 3 heteroatoms. The van der Waals surface area contributed by atoms with E-state index in [1.807, 2.05) is 12.1 Å². The van der Waals surface area contributed by atoms with Crippen LogP contribution in [0, 0.1) is 22.7 Å². The van der Waals surface area contributed by atoms with Gasteiger partial charge >= 0.3 is 0 Å². The molecule has 70 valence electrons. The van der Waals surface area contributed by atoms with Crippen molar-refractivity contribution in [1.82, 2.24) is 0 Å². The van der Waals surface area contributed by atoms with Gasteiger partial charge < -0.3 is 0 Å². The Morgan fingerprint density at radius 2 is 1.71 bits per heavy atom. The number of hydrogen-bond donors (Lipinski definition) is 0. The van der Waals surface area contributed by atoms with E-state index in [1.165, 1.54) is 6.07 Å². The Morgan fingerprint density at radius 3 is 2.07 bits per heavy atom. The van der Waals surface area contributed by atoms with Crippen molar-refractivity contribution in [3.8, 4) is 12.1 Å². The second kappa shape index (κ2) is 4.39. The van der Waals surface area contributed by atoms with Crippen LogP contribution in [0.3, 0.4) is 0 Å². The zero-order valence-corrected chi connectivity index (χ0v) is 7.79. The molecule has 1 aromatic rings. The minimum atomic E-state index is -0.486. The number of benzene rings is 1. The highest BCUT2D eigenvalue weighted by molar-refractivity contribution is 5.43. The van der Waals surface area contributed by atoms with E-state index < -0.39 is 6.67 Å². The van der Waals surface area contributed by atoms with Gasteiger partial charge in [-0.25, -0.2) is 0 Å². The number of nitriles is 2. The maximum absolute atomic E-state index is 12.4. The Bertz CT molecular complexity index is 380. The zero-order chi connectivity index (χ0) is 10.6. The lowest BCUT2D eigenvalue weighted by Crippen LogP contribution is -1.97. The van der Waals surface area contributed by atoms with Gasteiger partial charge in [-0.3, -0.25) is 4.39 Å². The summed E-state index contributed by atoms with van der Waals surface area (Å²) in [6, 6.07) is 8.62. The summed E-state index contributed by atoms with van der Waals surface area (Å²) in [5.41, 5.74) is 1.50. The number of halogens is 1. The van der Waals surface area contributed by atoms with Crippen molar-refractivity contribution in [1.29, 1.82) is 10.5 Å². The number of rotatable bonds is 2. The number of nitrogens with zero attached hydrogens (tertiary/aromatic N) is 2. The molecule has 0 heterocycles. The van der Waals surface area contributed by atoms with E-state index in [2.05, 4.69) is 0 Å². The summed E-state index contributed by atoms with van der Waals surface area (Å²) in [6.45, 7) is 1.23. The summed E-state index contributed by atoms with van der Waals surface area (Å²) in [7, 11) is 0. The molecular weight excluding hydrogens is 179 g/mol. The molecule has 0 saturated carbocycles. The molecule has 0 aliphatic heterocycles. The average molecular weight is 188 g/mol. The maximum Gasteiger partial charge on any atom is 0.0992 e. The highest BCUT2D eigenvalue weighted by Gasteiger charge is 2.07. The molecule has 0 N–H and O–H groups in total. The third-order valence-corrected chi connectivity index (χ3v) is 2.01. The van der Waals surface area contributed by atoms with Crippen LogP contribution in [-0.4, -0.2) is 6.67 Å². The fourth-order valence-corrected chi connectivity index (χ4v) is 1.15. The Morgan fingerprint density at radius 1 is 1.21 bits per heavy atom. The molecule has 0 aliphatic carbocycles. The van der Waals surface area contributed by atoms with E-state index in [0.29, 0.717) is 16.7 Å². The van der Waals surface area contributed by atoms with E-state index in [0.717, 1.165) is 0 Å². The van der Waals surface area contributed by atoms with Gasteiger partial charge in [-0.15, -0.1) is 0 Å². The lowest BCUT2D eigenvalue weighted by atomic mass is 9.98. The van der Waals surface area contributed by atoms with Crippen LogP contribution < -0.4 is 0 Å². The first-order chi connectivity index (χ1) is 6.71. The molecular formula is C11H9FN2. The predicted molar refractivity (Wildman–Crippen MR) is 50.3 cm³/mol. The van der Waals surface area contributed by atoms with Gasteiger partial charge in [0.15, 0.2) is 0 Å². The third-order valence-electron chi connectivity index (χ3n) is 2.01. The molecule has 0 fully saturated rings. The van der Waals surface area contributed by atoms with Crippen molar-refractivity contribution in [3.05, 3.63) is 34.9 Å². The van der Waals surface area contributed by atoms with Crippen LogP contribution in [0.2, 0.25) is 0 Å². The minimum absolute atomic E-state index is 0.268. The van der Waals surface area contributed by atoms with Crippen LogP contribution in [0.5, 0.6) is 0 Å². The van der Waals surface area contributed by atoms with Gasteiger partial charge in [0.1, 0.15) is 0 Å². The smallest absolute Gasteiger partial charge is 0.0992 e. The van der Waals surface area contributed by atoms with Crippen LogP contribution in [0.1, 0.15) is 29.5 Å². The van der Waals surface area contributed by atoms with Gasteiger partial charge in [-0.2, -0.15) is 10.5 Å². The lowest BCUT2D eigenvalue weighted by molar-refractivity contribution is 0.447. The number of alkyl halides is 1. The van der Waals surface area contributed by atoms with Crippen LogP contribution >= 0.6 is 0 Å². The van der Waals surface area contributed by atoms with Gasteiger partial charge in [0.2, 0.25) is 0 Å². The lowest BCUT2D eigenvalue weighted by Gasteiger charge is -2.07. The third kappa shape index (κ3) is 2.08. The molecule has 0 aromatic heterocycles. The van der Waals surface area contributed by atoms with Crippen LogP contribution in [-0.2, 0) is 0 Å². The molecule has 0 radical (unpaired) electrons. The summed E-state index contributed by atoms with van der Waals surface area (Å²) < 4.78 is 12.4. The first-order valence-electron chi connectivity index (χ1n) is 4.22. The minimum Gasteiger partial charge on any atom is -0.250 e. The quantitative estimate of drug-likeness (QED) is 0.715. The van der Waals surface area contributed by atoms with Crippen molar-refractivity contribution >= 4 is 0 Å². The second-order valence-corrected chi connectivity index (χ2v) is 3.12. The van der Waals surface area contributed by atoms with Crippen LogP contribution in [0.4, 0.5) is 4.39 Å². The molecule has 1 unspecified atom stereocenters. The van der Waals surface area contributed by atoms with Crippen molar-refractivity contribution in [3.63, 3.8) is 0 Å². The largest absolute Gasteiger partial charge is 0.250 e. The summed E-state index contributed by atoms with van der Waals surface area (Å²) >= 11 is 0. The van der Waals surface area contributed by atoms with Crippen molar-refractivity contribution in [2.24, 2.45) is 0 Å². The van der Waals surface area contributed by atoms with E-state index in [9.17, 15) is 4.39 Å². The Labute approximate surface area is 82.2 Å². The monoisotopic (exact) mass is 188 g/mol. The van der Waals surface area contributed by atoms with E-state index in [1.54, 1.807) is 19.1 Å². The fourth-order valence-electron chi connectivity index (χ4n) is 1.15. The SMILES string of the molecule is CC(CF)c1cc(C#N)cc(C#N)c1. The predicted octanol–water partition coefficient (Wildman–Crippen LogP) is 2.50. The summed E-state index contributed by atoms with van der Waals surface area (Å²) in [5, 5.41) is 17.4. The summed E-state index contributed by atoms with van der Waals surface area (Å²) in [5.74, 6) is -0.268. The van der Waals surface area contributed by atoms with Crippen molar-refractivity contribution in [2.45, 2.75) is 12.8 Å². The standard InChI is InChI=1S/C11H9FN2/c1-8(5-12)11-3-9(6-13)2-10(4-11)7-14/h2-4,8H,5H2,1H3. The Kier molecular flexibility index (Phi) is 3.20. The molecule has 1 aromatic carbocycles. The first kappa shape index (κ1) is 10.2. The van der Waals surface area contributed by atoms with Gasteiger partial charge in [0.25, 0.3) is 0 Å². The van der Waals surface area contributed by atoms with Crippen LogP contribution in [0.15, 0.2) is 18.2 Å². The van der Waals surface area contributed by atoms with Gasteiger partial charge in [-0.1, -0.05) is 6.92 Å². The van der Waals surface area contributed by atoms with Crippen molar-refractivity contribution < 1.29 is 4.39 Å². The highest BCUT2D eigenvalue weighted by atomic mass is 19.1. The van der Waals surface area contributed by atoms with E-state index in [-0.39, 0.29) is 5.92 Å². The van der Waals surface area contributed by atoms with Gasteiger partial charge in [0, 0.05) is 5.92 Å². The normalized spacial score (nSPS) is 11.4. The van der Waals surface area contributed by atoms with Gasteiger partial charge in [0.05, 0.1) is 29.9 Å². The van der Waals surface area contributed by atoms with Crippen LogP contribution in [0.25, 0.3) is 0 Å². The summed E-state index contributed by atoms with van der Waals surface area (Å²) in [6.07, 6.45) is 0. The second-order valence-electron chi connectivity index (χ2n) is 3.12. The number of hydrogen-bond acceptors (Lipinski definition) is 2. The topological polar surface area (TPSA) is 47.6 Å². The van der Waals surface area contributed by atoms with E-state index in [4.69, 9.17) is 10.5 Å². The molecule has 0 bridgehead atoms. The van der Waals surface area contributed by atoms with Crippen molar-refractivity contribution in [2.75, 3.05) is 6.67 Å². The fraction of sp³-hybridized carbons (Fsp3) is 0.273. The molecule has 1 atom stereocenters. The van der Waals surface area contributed by atoms with Gasteiger partial charge in [-0.05, 0) is 23.8 Å².